The number of aromatic nitrogens is 4. The molecule has 162 valence electrons. The number of benzene rings is 1. The molecule has 0 radical (unpaired) electrons. The summed E-state index contributed by atoms with van der Waals surface area (Å²) in [7, 11) is 0. The van der Waals surface area contributed by atoms with Gasteiger partial charge in [-0.25, -0.2) is 4.68 Å². The molecule has 1 unspecified atom stereocenters. The number of piperazine rings is 1. The van der Waals surface area contributed by atoms with E-state index < -0.39 is 0 Å². The highest BCUT2D eigenvalue weighted by Gasteiger charge is 2.30. The van der Waals surface area contributed by atoms with Crippen LogP contribution in [0.4, 0.5) is 0 Å². The Labute approximate surface area is 178 Å². The molecule has 8 nitrogen and oxygen atoms in total. The van der Waals surface area contributed by atoms with Crippen LogP contribution >= 0.6 is 0 Å². The van der Waals surface area contributed by atoms with E-state index in [9.17, 15) is 0 Å². The fraction of sp³-hybridized carbons (Fsp3) is 0.682. The summed E-state index contributed by atoms with van der Waals surface area (Å²) in [6, 6.07) is 7.06. The SMILES string of the molecule is CCC(c1nnnn1C1CCCCC1)N1CCN(Cc2ccc3c(c2)OCO3)CC1. The van der Waals surface area contributed by atoms with Crippen molar-refractivity contribution < 1.29 is 9.47 Å². The number of hydrogen-bond donors (Lipinski definition) is 0. The summed E-state index contributed by atoms with van der Waals surface area (Å²) < 4.78 is 13.1. The summed E-state index contributed by atoms with van der Waals surface area (Å²) in [6.45, 7) is 7.72. The Balaban J connectivity index is 1.21. The molecule has 0 bridgehead atoms. The summed E-state index contributed by atoms with van der Waals surface area (Å²) in [5, 5.41) is 12.9. The summed E-state index contributed by atoms with van der Waals surface area (Å²) in [6.07, 6.45) is 7.37. The first-order valence-electron chi connectivity index (χ1n) is 11.4. The maximum absolute atomic E-state index is 5.52. The predicted octanol–water partition coefficient (Wildman–Crippen LogP) is 3.18. The summed E-state index contributed by atoms with van der Waals surface area (Å²) in [5.41, 5.74) is 1.28. The molecule has 1 aromatic heterocycles. The summed E-state index contributed by atoms with van der Waals surface area (Å²) in [5.74, 6) is 2.78. The normalized spacial score (nSPS) is 21.8. The van der Waals surface area contributed by atoms with Crippen LogP contribution in [0.25, 0.3) is 0 Å². The van der Waals surface area contributed by atoms with Gasteiger partial charge in [-0.3, -0.25) is 9.80 Å². The van der Waals surface area contributed by atoms with E-state index in [0.29, 0.717) is 18.9 Å². The third-order valence-corrected chi connectivity index (χ3v) is 6.81. The zero-order valence-corrected chi connectivity index (χ0v) is 17.9. The van der Waals surface area contributed by atoms with Gasteiger partial charge in [0, 0.05) is 32.7 Å². The molecule has 1 saturated heterocycles. The molecule has 0 amide bonds. The highest BCUT2D eigenvalue weighted by atomic mass is 16.7. The fourth-order valence-corrected chi connectivity index (χ4v) is 5.14. The molecule has 2 fully saturated rings. The van der Waals surface area contributed by atoms with Crippen LogP contribution < -0.4 is 9.47 Å². The lowest BCUT2D eigenvalue weighted by Gasteiger charge is -2.39. The van der Waals surface area contributed by atoms with Crippen molar-refractivity contribution in [3.05, 3.63) is 29.6 Å². The molecule has 30 heavy (non-hydrogen) atoms. The maximum atomic E-state index is 5.52. The van der Waals surface area contributed by atoms with E-state index >= 15 is 0 Å². The van der Waals surface area contributed by atoms with E-state index in [-0.39, 0.29) is 0 Å². The van der Waals surface area contributed by atoms with Crippen molar-refractivity contribution >= 4 is 0 Å². The quantitative estimate of drug-likeness (QED) is 0.722. The second kappa shape index (κ2) is 8.89. The van der Waals surface area contributed by atoms with E-state index in [1.807, 2.05) is 6.07 Å². The molecule has 3 heterocycles. The Morgan fingerprint density at radius 3 is 2.63 bits per heavy atom. The zero-order chi connectivity index (χ0) is 20.3. The summed E-state index contributed by atoms with van der Waals surface area (Å²) >= 11 is 0. The van der Waals surface area contributed by atoms with E-state index in [0.717, 1.165) is 56.5 Å². The molecule has 1 saturated carbocycles. The first kappa shape index (κ1) is 19.8. The predicted molar refractivity (Wildman–Crippen MR) is 112 cm³/mol. The average Bonchev–Trinajstić information content (AvgIpc) is 3.45. The van der Waals surface area contributed by atoms with Crippen LogP contribution in [0.5, 0.6) is 11.5 Å². The van der Waals surface area contributed by atoms with Gasteiger partial charge in [-0.15, -0.1) is 5.10 Å². The van der Waals surface area contributed by atoms with Crippen LogP contribution in [-0.2, 0) is 6.54 Å². The maximum Gasteiger partial charge on any atom is 0.231 e. The van der Waals surface area contributed by atoms with Crippen molar-refractivity contribution in [1.82, 2.24) is 30.0 Å². The molecule has 1 atom stereocenters. The molecular weight excluding hydrogens is 380 g/mol. The molecule has 2 aromatic rings. The van der Waals surface area contributed by atoms with E-state index in [4.69, 9.17) is 9.47 Å². The molecule has 1 aromatic carbocycles. The van der Waals surface area contributed by atoms with Gasteiger partial charge >= 0.3 is 0 Å². The minimum absolute atomic E-state index is 0.301. The lowest BCUT2D eigenvalue weighted by molar-refractivity contribution is 0.0826. The third-order valence-electron chi connectivity index (χ3n) is 6.81. The molecular formula is C22H32N6O2. The minimum atomic E-state index is 0.301. The number of tetrazole rings is 1. The van der Waals surface area contributed by atoms with Gasteiger partial charge in [-0.1, -0.05) is 32.3 Å². The zero-order valence-electron chi connectivity index (χ0n) is 17.9. The smallest absolute Gasteiger partial charge is 0.231 e. The highest BCUT2D eigenvalue weighted by molar-refractivity contribution is 5.44. The standard InChI is InChI=1S/C22H32N6O2/c1-2-19(22-23-24-25-28(22)18-6-4-3-5-7-18)27-12-10-26(11-13-27)15-17-8-9-20-21(14-17)30-16-29-20/h8-9,14,18-19H,2-7,10-13,15-16H2,1H3. The van der Waals surface area contributed by atoms with Crippen LogP contribution in [-0.4, -0.2) is 63.0 Å². The minimum Gasteiger partial charge on any atom is -0.454 e. The molecule has 0 N–H and O–H groups in total. The van der Waals surface area contributed by atoms with Crippen molar-refractivity contribution in [1.29, 1.82) is 0 Å². The van der Waals surface area contributed by atoms with Gasteiger partial charge in [0.1, 0.15) is 0 Å². The topological polar surface area (TPSA) is 68.5 Å². The molecule has 3 aliphatic rings. The lowest BCUT2D eigenvalue weighted by atomic mass is 9.95. The first-order chi connectivity index (χ1) is 14.8. The van der Waals surface area contributed by atoms with Crippen molar-refractivity contribution in [3.8, 4) is 11.5 Å². The van der Waals surface area contributed by atoms with Crippen molar-refractivity contribution in [2.45, 2.75) is 64.1 Å². The van der Waals surface area contributed by atoms with Crippen LogP contribution in [0.2, 0.25) is 0 Å². The van der Waals surface area contributed by atoms with Gasteiger partial charge < -0.3 is 9.47 Å². The second-order valence-corrected chi connectivity index (χ2v) is 8.70. The fourth-order valence-electron chi connectivity index (χ4n) is 5.14. The number of ether oxygens (including phenoxy) is 2. The van der Waals surface area contributed by atoms with Gasteiger partial charge in [0.25, 0.3) is 0 Å². The molecule has 8 heteroatoms. The Bertz CT molecular complexity index is 842. The van der Waals surface area contributed by atoms with Gasteiger partial charge in [-0.2, -0.15) is 0 Å². The second-order valence-electron chi connectivity index (χ2n) is 8.70. The van der Waals surface area contributed by atoms with Crippen molar-refractivity contribution in [3.63, 3.8) is 0 Å². The van der Waals surface area contributed by atoms with Gasteiger partial charge in [0.2, 0.25) is 6.79 Å². The number of hydrogen-bond acceptors (Lipinski definition) is 7. The highest BCUT2D eigenvalue weighted by Crippen LogP contribution is 2.34. The number of nitrogens with zero attached hydrogens (tertiary/aromatic N) is 6. The van der Waals surface area contributed by atoms with Gasteiger partial charge in [0.15, 0.2) is 17.3 Å². The number of rotatable bonds is 6. The summed E-state index contributed by atoms with van der Waals surface area (Å²) in [4.78, 5) is 5.09. The monoisotopic (exact) mass is 412 g/mol. The van der Waals surface area contributed by atoms with Crippen LogP contribution in [0.1, 0.15) is 68.9 Å². The molecule has 1 aliphatic carbocycles. The van der Waals surface area contributed by atoms with E-state index in [1.54, 1.807) is 0 Å². The third kappa shape index (κ3) is 4.03. The van der Waals surface area contributed by atoms with Crippen LogP contribution in [0.3, 0.4) is 0 Å². The Morgan fingerprint density at radius 1 is 1.03 bits per heavy atom. The first-order valence-corrected chi connectivity index (χ1v) is 11.4. The molecule has 0 spiro atoms. The van der Waals surface area contributed by atoms with Gasteiger partial charge in [-0.05, 0) is 47.4 Å². The largest absolute Gasteiger partial charge is 0.454 e. The van der Waals surface area contributed by atoms with Crippen molar-refractivity contribution in [2.24, 2.45) is 0 Å². The van der Waals surface area contributed by atoms with Crippen LogP contribution in [0, 0.1) is 0 Å². The van der Waals surface area contributed by atoms with Crippen LogP contribution in [0.15, 0.2) is 18.2 Å². The van der Waals surface area contributed by atoms with E-state index in [1.165, 1.54) is 37.7 Å². The lowest BCUT2D eigenvalue weighted by Crippen LogP contribution is -2.47. The average molecular weight is 413 g/mol. The Hall–Kier alpha value is -2.19. The van der Waals surface area contributed by atoms with Crippen molar-refractivity contribution in [2.75, 3.05) is 33.0 Å². The van der Waals surface area contributed by atoms with E-state index in [2.05, 4.69) is 49.1 Å². The molecule has 2 aliphatic heterocycles. The number of fused-ring (bicyclic) bond motifs is 1. The van der Waals surface area contributed by atoms with Gasteiger partial charge in [0.05, 0.1) is 12.1 Å². The molecule has 5 rings (SSSR count). The Kier molecular flexibility index (Phi) is 5.86. The Morgan fingerprint density at radius 2 is 1.83 bits per heavy atom.